The number of methoxy groups -OCH3 is 1. The van der Waals surface area contributed by atoms with Crippen molar-refractivity contribution in [2.24, 2.45) is 0 Å². The Morgan fingerprint density at radius 1 is 1.36 bits per heavy atom. The van der Waals surface area contributed by atoms with E-state index in [4.69, 9.17) is 9.47 Å². The molecular weight excluding hydrogens is 286 g/mol. The Kier molecular flexibility index (Phi) is 5.04. The largest absolute Gasteiger partial charge is 0.497 e. The molecule has 1 fully saturated rings. The van der Waals surface area contributed by atoms with Crippen molar-refractivity contribution >= 4 is 12.1 Å². The molecule has 1 aliphatic heterocycles. The molecule has 0 radical (unpaired) electrons. The van der Waals surface area contributed by atoms with Gasteiger partial charge >= 0.3 is 12.1 Å². The average Bonchev–Trinajstić information content (AvgIpc) is 2.98. The first-order valence-electron chi connectivity index (χ1n) is 7.01. The summed E-state index contributed by atoms with van der Waals surface area (Å²) in [6.45, 7) is 3.54. The van der Waals surface area contributed by atoms with Gasteiger partial charge in [-0.2, -0.15) is 0 Å². The van der Waals surface area contributed by atoms with Crippen molar-refractivity contribution in [1.29, 1.82) is 0 Å². The standard InChI is InChI=1S/C16H19NO5/c1-3-10-22-16(20)17-13(8-9-14(17)15(18)19)11-4-6-12(21-2)7-5-11/h3-7,13-14H,1,8-10H2,2H3,(H,18,19)/t13-,14-/m1/s1. The van der Waals surface area contributed by atoms with Gasteiger partial charge in [0.05, 0.1) is 13.2 Å². The highest BCUT2D eigenvalue weighted by Gasteiger charge is 2.42. The number of hydrogen-bond acceptors (Lipinski definition) is 4. The number of ether oxygens (including phenoxy) is 2. The minimum atomic E-state index is -1.02. The number of benzene rings is 1. The number of carbonyl (C=O) groups is 2. The lowest BCUT2D eigenvalue weighted by Gasteiger charge is -2.27. The van der Waals surface area contributed by atoms with E-state index in [1.807, 2.05) is 12.1 Å². The molecule has 118 valence electrons. The van der Waals surface area contributed by atoms with Gasteiger partial charge in [0.15, 0.2) is 0 Å². The molecule has 1 saturated heterocycles. The summed E-state index contributed by atoms with van der Waals surface area (Å²) in [7, 11) is 1.57. The van der Waals surface area contributed by atoms with E-state index in [0.717, 1.165) is 5.56 Å². The fourth-order valence-electron chi connectivity index (χ4n) is 2.67. The maximum atomic E-state index is 12.2. The highest BCUT2D eigenvalue weighted by atomic mass is 16.6. The van der Waals surface area contributed by atoms with E-state index in [-0.39, 0.29) is 12.6 Å². The van der Waals surface area contributed by atoms with E-state index in [1.165, 1.54) is 11.0 Å². The summed E-state index contributed by atoms with van der Waals surface area (Å²) in [6, 6.07) is 6.06. The lowest BCUT2D eigenvalue weighted by molar-refractivity contribution is -0.142. The number of amides is 1. The molecule has 2 rings (SSSR count). The van der Waals surface area contributed by atoms with Crippen LogP contribution in [0, 0.1) is 0 Å². The summed E-state index contributed by atoms with van der Waals surface area (Å²) in [5, 5.41) is 9.32. The van der Waals surface area contributed by atoms with Gasteiger partial charge in [0.1, 0.15) is 18.4 Å². The number of aliphatic carboxylic acids is 1. The molecule has 0 saturated carbocycles. The third kappa shape index (κ3) is 3.21. The van der Waals surface area contributed by atoms with Crippen LogP contribution in [0.25, 0.3) is 0 Å². The molecule has 1 aromatic rings. The third-order valence-corrected chi connectivity index (χ3v) is 3.71. The quantitative estimate of drug-likeness (QED) is 0.846. The first-order chi connectivity index (χ1) is 10.6. The van der Waals surface area contributed by atoms with Crippen molar-refractivity contribution < 1.29 is 24.2 Å². The topological polar surface area (TPSA) is 76.1 Å². The van der Waals surface area contributed by atoms with Gasteiger partial charge in [-0.05, 0) is 30.5 Å². The van der Waals surface area contributed by atoms with Gasteiger partial charge < -0.3 is 14.6 Å². The molecule has 1 aromatic carbocycles. The van der Waals surface area contributed by atoms with E-state index >= 15 is 0 Å². The van der Waals surface area contributed by atoms with Gasteiger partial charge in [-0.15, -0.1) is 0 Å². The van der Waals surface area contributed by atoms with Gasteiger partial charge in [-0.25, -0.2) is 9.59 Å². The average molecular weight is 305 g/mol. The lowest BCUT2D eigenvalue weighted by Crippen LogP contribution is -2.42. The van der Waals surface area contributed by atoms with Gasteiger partial charge in [0.2, 0.25) is 0 Å². The van der Waals surface area contributed by atoms with Crippen molar-refractivity contribution in [2.75, 3.05) is 13.7 Å². The second kappa shape index (κ2) is 6.98. The molecule has 0 bridgehead atoms. The zero-order chi connectivity index (χ0) is 16.1. The molecule has 1 N–H and O–H groups in total. The van der Waals surface area contributed by atoms with E-state index in [0.29, 0.717) is 18.6 Å². The SMILES string of the molecule is C=CCOC(=O)N1[C@@H](C(=O)O)CC[C@@H]1c1ccc(OC)cc1. The molecular formula is C16H19NO5. The van der Waals surface area contributed by atoms with Crippen molar-refractivity contribution in [2.45, 2.75) is 24.9 Å². The maximum Gasteiger partial charge on any atom is 0.411 e. The molecule has 0 aliphatic carbocycles. The Morgan fingerprint density at radius 3 is 2.59 bits per heavy atom. The summed E-state index contributed by atoms with van der Waals surface area (Å²) >= 11 is 0. The van der Waals surface area contributed by atoms with Crippen molar-refractivity contribution in [3.8, 4) is 5.75 Å². The highest BCUT2D eigenvalue weighted by Crippen LogP contribution is 2.37. The van der Waals surface area contributed by atoms with Crippen LogP contribution in [-0.4, -0.2) is 41.8 Å². The van der Waals surface area contributed by atoms with Crippen LogP contribution in [0.3, 0.4) is 0 Å². The fourth-order valence-corrected chi connectivity index (χ4v) is 2.67. The van der Waals surface area contributed by atoms with Crippen LogP contribution in [0.1, 0.15) is 24.4 Å². The summed E-state index contributed by atoms with van der Waals surface area (Å²) < 4.78 is 10.1. The second-order valence-corrected chi connectivity index (χ2v) is 4.99. The van der Waals surface area contributed by atoms with Crippen molar-refractivity contribution in [1.82, 2.24) is 4.90 Å². The Bertz CT molecular complexity index is 554. The molecule has 0 aromatic heterocycles. The van der Waals surface area contributed by atoms with E-state index in [1.54, 1.807) is 19.2 Å². The first kappa shape index (κ1) is 15.9. The zero-order valence-corrected chi connectivity index (χ0v) is 12.4. The van der Waals surface area contributed by atoms with Crippen LogP contribution in [-0.2, 0) is 9.53 Å². The molecule has 0 spiro atoms. The minimum absolute atomic E-state index is 0.0526. The Labute approximate surface area is 128 Å². The van der Waals surface area contributed by atoms with Crippen LogP contribution in [0.4, 0.5) is 4.79 Å². The number of carbonyl (C=O) groups excluding carboxylic acids is 1. The molecule has 6 nitrogen and oxygen atoms in total. The summed E-state index contributed by atoms with van der Waals surface area (Å²) in [4.78, 5) is 24.9. The zero-order valence-electron chi connectivity index (χ0n) is 12.4. The van der Waals surface area contributed by atoms with Crippen LogP contribution < -0.4 is 4.74 Å². The number of hydrogen-bond donors (Lipinski definition) is 1. The van der Waals surface area contributed by atoms with Gasteiger partial charge in [0.25, 0.3) is 0 Å². The predicted octanol–water partition coefficient (Wildman–Crippen LogP) is 2.61. The Hall–Kier alpha value is -2.50. The number of nitrogens with zero attached hydrogens (tertiary/aromatic N) is 1. The van der Waals surface area contributed by atoms with E-state index in [9.17, 15) is 14.7 Å². The van der Waals surface area contributed by atoms with Crippen LogP contribution in [0.2, 0.25) is 0 Å². The molecule has 1 amide bonds. The minimum Gasteiger partial charge on any atom is -0.497 e. The van der Waals surface area contributed by atoms with Crippen LogP contribution >= 0.6 is 0 Å². The second-order valence-electron chi connectivity index (χ2n) is 4.99. The molecule has 1 aliphatic rings. The van der Waals surface area contributed by atoms with Crippen LogP contribution in [0.15, 0.2) is 36.9 Å². The third-order valence-electron chi connectivity index (χ3n) is 3.71. The van der Waals surface area contributed by atoms with Crippen LogP contribution in [0.5, 0.6) is 5.75 Å². The number of rotatable bonds is 5. The molecule has 1 heterocycles. The van der Waals surface area contributed by atoms with E-state index in [2.05, 4.69) is 6.58 Å². The number of likely N-dealkylation sites (tertiary alicyclic amines) is 1. The first-order valence-corrected chi connectivity index (χ1v) is 7.01. The monoisotopic (exact) mass is 305 g/mol. The summed E-state index contributed by atoms with van der Waals surface area (Å²) in [5.41, 5.74) is 0.861. The number of carboxylic acids is 1. The smallest absolute Gasteiger partial charge is 0.411 e. The Balaban J connectivity index is 2.25. The predicted molar refractivity (Wildman–Crippen MR) is 79.8 cm³/mol. The van der Waals surface area contributed by atoms with Gasteiger partial charge in [0, 0.05) is 0 Å². The fraction of sp³-hybridized carbons (Fsp3) is 0.375. The maximum absolute atomic E-state index is 12.2. The van der Waals surface area contributed by atoms with E-state index < -0.39 is 18.1 Å². The molecule has 6 heteroatoms. The molecule has 2 atom stereocenters. The molecule has 0 unspecified atom stereocenters. The summed E-state index contributed by atoms with van der Waals surface area (Å²) in [6.07, 6.45) is 1.79. The molecule has 22 heavy (non-hydrogen) atoms. The lowest BCUT2D eigenvalue weighted by atomic mass is 10.0. The van der Waals surface area contributed by atoms with Crippen molar-refractivity contribution in [3.63, 3.8) is 0 Å². The van der Waals surface area contributed by atoms with Crippen molar-refractivity contribution in [3.05, 3.63) is 42.5 Å². The number of carboxylic acid groups (broad SMARTS) is 1. The van der Waals surface area contributed by atoms with Gasteiger partial charge in [-0.3, -0.25) is 4.90 Å². The van der Waals surface area contributed by atoms with Gasteiger partial charge in [-0.1, -0.05) is 24.8 Å². The normalized spacial score (nSPS) is 20.5. The summed E-state index contributed by atoms with van der Waals surface area (Å²) in [5.74, 6) is -0.316. The highest BCUT2D eigenvalue weighted by molar-refractivity contribution is 5.81. The Morgan fingerprint density at radius 2 is 2.05 bits per heavy atom.